The van der Waals surface area contributed by atoms with Gasteiger partial charge in [-0.05, 0) is 48.5 Å². The van der Waals surface area contributed by atoms with Gasteiger partial charge in [0.25, 0.3) is 11.7 Å². The van der Waals surface area contributed by atoms with Crippen LogP contribution in [0.2, 0.25) is 5.02 Å². The zero-order chi connectivity index (χ0) is 22.8. The maximum Gasteiger partial charge on any atom is 0.300 e. The molecule has 1 atom stereocenters. The number of hydrogen-bond acceptors (Lipinski definition) is 6. The molecule has 1 saturated heterocycles. The van der Waals surface area contributed by atoms with E-state index in [9.17, 15) is 14.7 Å². The van der Waals surface area contributed by atoms with Gasteiger partial charge in [0.2, 0.25) is 0 Å². The van der Waals surface area contributed by atoms with Gasteiger partial charge in [-0.25, -0.2) is 0 Å². The number of amides is 1. The Kier molecular flexibility index (Phi) is 7.26. The number of aliphatic hydroxyl groups excluding tert-OH is 1. The maximum atomic E-state index is 13.2. The van der Waals surface area contributed by atoms with E-state index in [1.54, 1.807) is 60.8 Å². The van der Waals surface area contributed by atoms with Crippen LogP contribution in [0.1, 0.15) is 17.2 Å². The highest BCUT2D eigenvalue weighted by Gasteiger charge is 2.48. The van der Waals surface area contributed by atoms with Crippen LogP contribution in [0.4, 0.5) is 5.69 Å². The lowest BCUT2D eigenvalue weighted by Gasteiger charge is -2.26. The number of carbonyl (C=O) groups is 2. The number of halogens is 2. The number of hydrogen-bond donors (Lipinski definition) is 1. The predicted octanol–water partition coefficient (Wildman–Crippen LogP) is 4.80. The number of anilines is 1. The van der Waals surface area contributed by atoms with E-state index in [4.69, 9.17) is 21.1 Å². The average molecular weight is 487 g/mol. The molecule has 33 heavy (non-hydrogen) atoms. The van der Waals surface area contributed by atoms with Gasteiger partial charge >= 0.3 is 0 Å². The SMILES string of the molecule is COc1ccc(C2C(=C(O)c3ccc(Cl)cc3)C(=O)C(=O)N2c2cccnc2)c(OC)c1.Cl. The fraction of sp³-hybridized carbons (Fsp3) is 0.125. The molecule has 2 aromatic carbocycles. The number of carbonyl (C=O) groups excluding carboxylic acids is 2. The summed E-state index contributed by atoms with van der Waals surface area (Å²) in [6.45, 7) is 0. The van der Waals surface area contributed by atoms with Gasteiger partial charge < -0.3 is 14.6 Å². The van der Waals surface area contributed by atoms with E-state index >= 15 is 0 Å². The smallest absolute Gasteiger partial charge is 0.300 e. The zero-order valence-electron chi connectivity index (χ0n) is 17.7. The fourth-order valence-electron chi connectivity index (χ4n) is 3.70. The largest absolute Gasteiger partial charge is 0.507 e. The van der Waals surface area contributed by atoms with E-state index in [0.29, 0.717) is 33.3 Å². The lowest BCUT2D eigenvalue weighted by Crippen LogP contribution is -2.29. The Labute approximate surface area is 201 Å². The Balaban J connectivity index is 0.00000306. The highest BCUT2D eigenvalue weighted by molar-refractivity contribution is 6.51. The molecule has 4 rings (SSSR count). The van der Waals surface area contributed by atoms with Crippen LogP contribution >= 0.6 is 24.0 Å². The van der Waals surface area contributed by atoms with Gasteiger partial charge in [-0.1, -0.05) is 11.6 Å². The molecule has 0 saturated carbocycles. The Morgan fingerprint density at radius 1 is 1.06 bits per heavy atom. The Morgan fingerprint density at radius 3 is 2.39 bits per heavy atom. The summed E-state index contributed by atoms with van der Waals surface area (Å²) in [7, 11) is 3.00. The highest BCUT2D eigenvalue weighted by Crippen LogP contribution is 2.45. The van der Waals surface area contributed by atoms with Gasteiger partial charge in [-0.15, -0.1) is 12.4 Å². The highest BCUT2D eigenvalue weighted by atomic mass is 35.5. The predicted molar refractivity (Wildman–Crippen MR) is 127 cm³/mol. The van der Waals surface area contributed by atoms with Gasteiger partial charge in [0.05, 0.1) is 37.7 Å². The number of ether oxygens (including phenoxy) is 2. The maximum absolute atomic E-state index is 13.2. The number of pyridine rings is 1. The minimum Gasteiger partial charge on any atom is -0.507 e. The number of Topliss-reactive ketones (excluding diaryl/α,β-unsaturated/α-hetero) is 1. The second-order valence-electron chi connectivity index (χ2n) is 7.00. The van der Waals surface area contributed by atoms with Crippen LogP contribution in [0.3, 0.4) is 0 Å². The number of aliphatic hydroxyl groups is 1. The fourth-order valence-corrected chi connectivity index (χ4v) is 3.82. The summed E-state index contributed by atoms with van der Waals surface area (Å²) in [5, 5.41) is 11.6. The van der Waals surface area contributed by atoms with E-state index in [-0.39, 0.29) is 23.7 Å². The second kappa shape index (κ2) is 9.94. The first-order valence-electron chi connectivity index (χ1n) is 9.65. The monoisotopic (exact) mass is 486 g/mol. The number of methoxy groups -OCH3 is 2. The normalized spacial score (nSPS) is 16.9. The van der Waals surface area contributed by atoms with Crippen molar-refractivity contribution in [3.8, 4) is 11.5 Å². The van der Waals surface area contributed by atoms with Crippen LogP contribution in [0.5, 0.6) is 11.5 Å². The number of rotatable bonds is 5. The summed E-state index contributed by atoms with van der Waals surface area (Å²) in [4.78, 5) is 31.7. The quantitative estimate of drug-likeness (QED) is 0.316. The van der Waals surface area contributed by atoms with Crippen molar-refractivity contribution in [3.63, 3.8) is 0 Å². The van der Waals surface area contributed by atoms with Crippen LogP contribution in [0.15, 0.2) is 72.6 Å². The standard InChI is InChI=1S/C24H19ClN2O5.ClH/c1-31-17-9-10-18(19(12-17)32-2)21-20(22(28)14-5-7-15(25)8-6-14)23(29)24(30)27(21)16-4-3-11-26-13-16;/h3-13,21,28H,1-2H3;1H. The average Bonchev–Trinajstić information content (AvgIpc) is 3.09. The first-order valence-corrected chi connectivity index (χ1v) is 10.0. The van der Waals surface area contributed by atoms with Crippen LogP contribution < -0.4 is 14.4 Å². The molecule has 3 aromatic rings. The summed E-state index contributed by atoms with van der Waals surface area (Å²) < 4.78 is 10.8. The van der Waals surface area contributed by atoms with Gasteiger partial charge in [0.1, 0.15) is 17.3 Å². The number of aromatic nitrogens is 1. The number of ketones is 1. The van der Waals surface area contributed by atoms with E-state index in [0.717, 1.165) is 0 Å². The Hall–Kier alpha value is -3.55. The first-order chi connectivity index (χ1) is 15.5. The molecule has 7 nitrogen and oxygen atoms in total. The van der Waals surface area contributed by atoms with Crippen LogP contribution in [0.25, 0.3) is 5.76 Å². The Morgan fingerprint density at radius 2 is 1.79 bits per heavy atom. The first kappa shape index (κ1) is 24.1. The molecule has 0 radical (unpaired) electrons. The molecule has 1 aromatic heterocycles. The summed E-state index contributed by atoms with van der Waals surface area (Å²) >= 11 is 5.96. The van der Waals surface area contributed by atoms with Crippen molar-refractivity contribution in [2.45, 2.75) is 6.04 Å². The zero-order valence-corrected chi connectivity index (χ0v) is 19.3. The molecule has 9 heteroatoms. The molecule has 2 heterocycles. The third-order valence-corrected chi connectivity index (χ3v) is 5.47. The molecule has 1 N–H and O–H groups in total. The number of benzene rings is 2. The van der Waals surface area contributed by atoms with Gasteiger partial charge in [-0.3, -0.25) is 19.5 Å². The van der Waals surface area contributed by atoms with E-state index in [2.05, 4.69) is 4.98 Å². The van der Waals surface area contributed by atoms with Crippen molar-refractivity contribution in [1.82, 2.24) is 4.98 Å². The van der Waals surface area contributed by atoms with Crippen molar-refractivity contribution in [3.05, 3.63) is 88.7 Å². The molecule has 0 aliphatic carbocycles. The van der Waals surface area contributed by atoms with Crippen molar-refractivity contribution >= 4 is 47.1 Å². The van der Waals surface area contributed by atoms with Crippen LogP contribution in [-0.2, 0) is 9.59 Å². The third-order valence-electron chi connectivity index (χ3n) is 5.22. The van der Waals surface area contributed by atoms with E-state index in [1.807, 2.05) is 0 Å². The summed E-state index contributed by atoms with van der Waals surface area (Å²) in [6, 6.07) is 13.8. The lowest BCUT2D eigenvalue weighted by atomic mass is 9.94. The van der Waals surface area contributed by atoms with Gasteiger partial charge in [0.15, 0.2) is 0 Å². The van der Waals surface area contributed by atoms with Crippen molar-refractivity contribution in [1.29, 1.82) is 0 Å². The van der Waals surface area contributed by atoms with Crippen molar-refractivity contribution in [2.24, 2.45) is 0 Å². The van der Waals surface area contributed by atoms with Gasteiger partial charge in [-0.2, -0.15) is 0 Å². The molecular formula is C24H20Cl2N2O5. The molecular weight excluding hydrogens is 467 g/mol. The summed E-state index contributed by atoms with van der Waals surface area (Å²) in [6.07, 6.45) is 3.05. The molecule has 1 aliphatic heterocycles. The minimum absolute atomic E-state index is 0. The summed E-state index contributed by atoms with van der Waals surface area (Å²) in [5.41, 5.74) is 1.21. The van der Waals surface area contributed by atoms with Crippen LogP contribution in [-0.4, -0.2) is 36.0 Å². The van der Waals surface area contributed by atoms with E-state index in [1.165, 1.54) is 25.3 Å². The van der Waals surface area contributed by atoms with E-state index < -0.39 is 17.7 Å². The number of nitrogens with zero attached hydrogens (tertiary/aromatic N) is 2. The topological polar surface area (TPSA) is 89.0 Å². The second-order valence-corrected chi connectivity index (χ2v) is 7.43. The molecule has 1 aliphatic rings. The lowest BCUT2D eigenvalue weighted by molar-refractivity contribution is -0.132. The molecule has 1 amide bonds. The molecule has 0 bridgehead atoms. The Bertz CT molecular complexity index is 1210. The molecule has 0 spiro atoms. The van der Waals surface area contributed by atoms with Crippen molar-refractivity contribution in [2.75, 3.05) is 19.1 Å². The molecule has 1 unspecified atom stereocenters. The van der Waals surface area contributed by atoms with Gasteiger partial charge in [0, 0.05) is 28.4 Å². The minimum atomic E-state index is -0.948. The van der Waals surface area contributed by atoms with Crippen molar-refractivity contribution < 1.29 is 24.2 Å². The molecule has 1 fully saturated rings. The third kappa shape index (κ3) is 4.37. The van der Waals surface area contributed by atoms with Crippen LogP contribution in [0, 0.1) is 0 Å². The summed E-state index contributed by atoms with van der Waals surface area (Å²) in [5.74, 6) is -0.969. The molecule has 170 valence electrons.